The van der Waals surface area contributed by atoms with Gasteiger partial charge in [0.1, 0.15) is 0 Å². The molecular formula is C15H24N4O. The first-order valence-electron chi connectivity index (χ1n) is 7.25. The molecular weight excluding hydrogens is 252 g/mol. The minimum atomic E-state index is -0.00727. The van der Waals surface area contributed by atoms with Gasteiger partial charge in [0, 0.05) is 26.2 Å². The summed E-state index contributed by atoms with van der Waals surface area (Å²) in [6.45, 7) is 7.80. The number of carbonyl (C=O) groups is 1. The zero-order chi connectivity index (χ0) is 14.4. The molecule has 1 saturated heterocycles. The first-order valence-corrected chi connectivity index (χ1v) is 7.25. The summed E-state index contributed by atoms with van der Waals surface area (Å²) in [6.07, 6.45) is 0. The zero-order valence-electron chi connectivity index (χ0n) is 12.4. The molecule has 1 aliphatic rings. The van der Waals surface area contributed by atoms with Crippen LogP contribution in [0.2, 0.25) is 0 Å². The van der Waals surface area contributed by atoms with Crippen LogP contribution < -0.4 is 15.5 Å². The molecule has 5 heteroatoms. The van der Waals surface area contributed by atoms with E-state index in [4.69, 9.17) is 0 Å². The maximum Gasteiger partial charge on any atom is 0.238 e. The lowest BCUT2D eigenvalue weighted by atomic mass is 10.2. The fourth-order valence-corrected chi connectivity index (χ4v) is 2.52. The largest absolute Gasteiger partial charge is 0.367 e. The van der Waals surface area contributed by atoms with Gasteiger partial charge in [-0.1, -0.05) is 19.1 Å². The molecule has 1 aromatic rings. The average Bonchev–Trinajstić information content (AvgIpc) is 2.48. The second-order valence-corrected chi connectivity index (χ2v) is 5.02. The Kier molecular flexibility index (Phi) is 5.38. The van der Waals surface area contributed by atoms with Crippen molar-refractivity contribution in [1.82, 2.24) is 10.2 Å². The number of rotatable bonds is 5. The van der Waals surface area contributed by atoms with Crippen LogP contribution in [-0.2, 0) is 4.79 Å². The standard InChI is InChI=1S/C15H24N4O/c1-3-18-8-10-19(11-9-18)14-7-5-4-6-13(14)17-15(20)12-16-2/h4-7,16H,3,8-12H2,1-2H3,(H,17,20). The first kappa shape index (κ1) is 14.8. The van der Waals surface area contributed by atoms with Crippen molar-refractivity contribution >= 4 is 17.3 Å². The molecule has 1 aliphatic heterocycles. The van der Waals surface area contributed by atoms with Crippen molar-refractivity contribution in [1.29, 1.82) is 0 Å². The van der Waals surface area contributed by atoms with Crippen molar-refractivity contribution in [2.45, 2.75) is 6.92 Å². The van der Waals surface area contributed by atoms with Crippen LogP contribution >= 0.6 is 0 Å². The third-order valence-corrected chi connectivity index (χ3v) is 3.68. The second-order valence-electron chi connectivity index (χ2n) is 5.02. The van der Waals surface area contributed by atoms with Gasteiger partial charge in [-0.2, -0.15) is 0 Å². The molecule has 1 aromatic carbocycles. The Morgan fingerprint density at radius 3 is 2.55 bits per heavy atom. The number of nitrogens with zero attached hydrogens (tertiary/aromatic N) is 2. The van der Waals surface area contributed by atoms with E-state index in [1.165, 1.54) is 0 Å². The van der Waals surface area contributed by atoms with Crippen LogP contribution in [0.5, 0.6) is 0 Å². The molecule has 0 radical (unpaired) electrons. The number of hydrogen-bond acceptors (Lipinski definition) is 4. The van der Waals surface area contributed by atoms with Crippen LogP contribution in [-0.4, -0.2) is 57.1 Å². The molecule has 0 aliphatic carbocycles. The number of piperazine rings is 1. The summed E-state index contributed by atoms with van der Waals surface area (Å²) in [6, 6.07) is 8.03. The highest BCUT2D eigenvalue weighted by molar-refractivity contribution is 5.95. The van der Waals surface area contributed by atoms with Gasteiger partial charge in [0.15, 0.2) is 0 Å². The smallest absolute Gasteiger partial charge is 0.238 e. The minimum Gasteiger partial charge on any atom is -0.367 e. The Bertz CT molecular complexity index is 441. The van der Waals surface area contributed by atoms with Crippen molar-refractivity contribution in [3.05, 3.63) is 24.3 Å². The third-order valence-electron chi connectivity index (χ3n) is 3.68. The normalized spacial score (nSPS) is 16.2. The number of amides is 1. The van der Waals surface area contributed by atoms with E-state index in [2.05, 4.69) is 33.4 Å². The van der Waals surface area contributed by atoms with Crippen LogP contribution in [0.3, 0.4) is 0 Å². The van der Waals surface area contributed by atoms with Crippen molar-refractivity contribution < 1.29 is 4.79 Å². The molecule has 5 nitrogen and oxygen atoms in total. The quantitative estimate of drug-likeness (QED) is 0.842. The molecule has 2 N–H and O–H groups in total. The van der Waals surface area contributed by atoms with Crippen LogP contribution in [0.15, 0.2) is 24.3 Å². The van der Waals surface area contributed by atoms with Crippen molar-refractivity contribution in [2.24, 2.45) is 0 Å². The summed E-state index contributed by atoms with van der Waals surface area (Å²) in [7, 11) is 1.77. The average molecular weight is 276 g/mol. The maximum atomic E-state index is 11.7. The van der Waals surface area contributed by atoms with Crippen LogP contribution in [0.4, 0.5) is 11.4 Å². The van der Waals surface area contributed by atoms with Gasteiger partial charge in [-0.05, 0) is 25.7 Å². The van der Waals surface area contributed by atoms with Crippen molar-refractivity contribution in [2.75, 3.05) is 56.5 Å². The molecule has 1 fully saturated rings. The Balaban J connectivity index is 2.06. The molecule has 0 aromatic heterocycles. The lowest BCUT2D eigenvalue weighted by Gasteiger charge is -2.36. The van der Waals surface area contributed by atoms with Gasteiger partial charge in [-0.25, -0.2) is 0 Å². The predicted molar refractivity (Wildman–Crippen MR) is 83.3 cm³/mol. The Hall–Kier alpha value is -1.59. The van der Waals surface area contributed by atoms with E-state index in [-0.39, 0.29) is 5.91 Å². The highest BCUT2D eigenvalue weighted by atomic mass is 16.1. The molecule has 0 bridgehead atoms. The lowest BCUT2D eigenvalue weighted by Crippen LogP contribution is -2.46. The van der Waals surface area contributed by atoms with Gasteiger partial charge in [0.05, 0.1) is 17.9 Å². The maximum absolute atomic E-state index is 11.7. The molecule has 0 saturated carbocycles. The van der Waals surface area contributed by atoms with E-state index >= 15 is 0 Å². The zero-order valence-corrected chi connectivity index (χ0v) is 12.4. The molecule has 1 heterocycles. The summed E-state index contributed by atoms with van der Waals surface area (Å²) >= 11 is 0. The summed E-state index contributed by atoms with van der Waals surface area (Å²) in [5.74, 6) is -0.00727. The number of para-hydroxylation sites is 2. The van der Waals surface area contributed by atoms with E-state index in [0.29, 0.717) is 6.54 Å². The van der Waals surface area contributed by atoms with Crippen molar-refractivity contribution in [3.8, 4) is 0 Å². The van der Waals surface area contributed by atoms with E-state index in [1.54, 1.807) is 7.05 Å². The van der Waals surface area contributed by atoms with Gasteiger partial charge in [0.2, 0.25) is 5.91 Å². The summed E-state index contributed by atoms with van der Waals surface area (Å²) in [5.41, 5.74) is 2.02. The molecule has 20 heavy (non-hydrogen) atoms. The number of benzene rings is 1. The highest BCUT2D eigenvalue weighted by Gasteiger charge is 2.18. The fourth-order valence-electron chi connectivity index (χ4n) is 2.52. The number of carbonyl (C=O) groups excluding carboxylic acids is 1. The first-order chi connectivity index (χ1) is 9.74. The summed E-state index contributed by atoms with van der Waals surface area (Å²) in [4.78, 5) is 16.5. The number of anilines is 2. The highest BCUT2D eigenvalue weighted by Crippen LogP contribution is 2.26. The lowest BCUT2D eigenvalue weighted by molar-refractivity contribution is -0.115. The molecule has 0 unspecified atom stereocenters. The van der Waals surface area contributed by atoms with Crippen LogP contribution in [0.25, 0.3) is 0 Å². The minimum absolute atomic E-state index is 0.00727. The van der Waals surface area contributed by atoms with E-state index in [1.807, 2.05) is 18.2 Å². The fraction of sp³-hybridized carbons (Fsp3) is 0.533. The monoisotopic (exact) mass is 276 g/mol. The SMILES string of the molecule is CCN1CCN(c2ccccc2NC(=O)CNC)CC1. The predicted octanol–water partition coefficient (Wildman–Crippen LogP) is 0.986. The molecule has 0 spiro atoms. The van der Waals surface area contributed by atoms with E-state index in [0.717, 1.165) is 44.1 Å². The molecule has 2 rings (SSSR count). The van der Waals surface area contributed by atoms with E-state index < -0.39 is 0 Å². The van der Waals surface area contributed by atoms with Crippen LogP contribution in [0.1, 0.15) is 6.92 Å². The summed E-state index contributed by atoms with van der Waals surface area (Å²) < 4.78 is 0. The molecule has 1 amide bonds. The van der Waals surface area contributed by atoms with Gasteiger partial charge in [-0.15, -0.1) is 0 Å². The van der Waals surface area contributed by atoms with Gasteiger partial charge in [0.25, 0.3) is 0 Å². The van der Waals surface area contributed by atoms with Gasteiger partial charge >= 0.3 is 0 Å². The summed E-state index contributed by atoms with van der Waals surface area (Å²) in [5, 5.41) is 5.85. The van der Waals surface area contributed by atoms with E-state index in [9.17, 15) is 4.79 Å². The second kappa shape index (κ2) is 7.26. The Morgan fingerprint density at radius 2 is 1.90 bits per heavy atom. The Labute approximate surface area is 120 Å². The molecule has 110 valence electrons. The number of hydrogen-bond donors (Lipinski definition) is 2. The van der Waals surface area contributed by atoms with Gasteiger partial charge < -0.3 is 20.4 Å². The Morgan fingerprint density at radius 1 is 1.20 bits per heavy atom. The number of nitrogens with one attached hydrogen (secondary N) is 2. The number of likely N-dealkylation sites (N-methyl/N-ethyl adjacent to an activating group) is 2. The van der Waals surface area contributed by atoms with Crippen LogP contribution in [0, 0.1) is 0 Å². The molecule has 0 atom stereocenters. The topological polar surface area (TPSA) is 47.6 Å². The van der Waals surface area contributed by atoms with Gasteiger partial charge in [-0.3, -0.25) is 4.79 Å². The third kappa shape index (κ3) is 3.71. The van der Waals surface area contributed by atoms with Crippen molar-refractivity contribution in [3.63, 3.8) is 0 Å².